The van der Waals surface area contributed by atoms with Gasteiger partial charge in [-0.2, -0.15) is 0 Å². The molecule has 0 saturated heterocycles. The Morgan fingerprint density at radius 2 is 1.71 bits per heavy atom. The van der Waals surface area contributed by atoms with Gasteiger partial charge in [-0.15, -0.1) is 0 Å². The smallest absolute Gasteiger partial charge is 0.309 e. The number of amides is 2. The fourth-order valence-electron chi connectivity index (χ4n) is 0.982. The van der Waals surface area contributed by atoms with E-state index in [0.717, 1.165) is 0 Å². The molecule has 0 bridgehead atoms. The summed E-state index contributed by atoms with van der Waals surface area (Å²) >= 11 is 0. The van der Waals surface area contributed by atoms with Crippen molar-refractivity contribution in [1.29, 1.82) is 0 Å². The van der Waals surface area contributed by atoms with Gasteiger partial charge in [0.15, 0.2) is 0 Å². The number of ether oxygens (including phenoxy) is 2. The highest BCUT2D eigenvalue weighted by Crippen LogP contribution is 1.78. The number of carbonyl (C=O) groups excluding carboxylic acids is 2. The van der Waals surface area contributed by atoms with Crippen LogP contribution in [0.4, 0.5) is 0 Å². The van der Waals surface area contributed by atoms with E-state index < -0.39 is 11.8 Å². The number of carbonyl (C=O) groups is 2. The van der Waals surface area contributed by atoms with Crippen molar-refractivity contribution in [3.8, 4) is 0 Å². The average Bonchev–Trinajstić information content (AvgIpc) is 2.34. The van der Waals surface area contributed by atoms with E-state index in [4.69, 9.17) is 14.6 Å². The first-order valence-electron chi connectivity index (χ1n) is 5.46. The predicted molar refractivity (Wildman–Crippen MR) is 60.4 cm³/mol. The van der Waals surface area contributed by atoms with E-state index in [1.54, 1.807) is 7.11 Å². The fraction of sp³-hybridized carbons (Fsp3) is 0.800. The Morgan fingerprint density at radius 3 is 2.29 bits per heavy atom. The van der Waals surface area contributed by atoms with Crippen LogP contribution in [0, 0.1) is 0 Å². The monoisotopic (exact) mass is 248 g/mol. The minimum Gasteiger partial charge on any atom is -0.394 e. The van der Waals surface area contributed by atoms with Crippen molar-refractivity contribution in [3.05, 3.63) is 0 Å². The Labute approximate surface area is 100 Å². The standard InChI is InChI=1S/C10H20N2O5/c1-16-6-2-3-11-9(14)10(15)12-4-7-17-8-5-13/h13H,2-8H2,1H3,(H,11,14)(H,12,15). The maximum Gasteiger partial charge on any atom is 0.309 e. The van der Waals surface area contributed by atoms with Gasteiger partial charge < -0.3 is 25.2 Å². The third-order valence-corrected chi connectivity index (χ3v) is 1.78. The van der Waals surface area contributed by atoms with Crippen LogP contribution in [0.2, 0.25) is 0 Å². The predicted octanol–water partition coefficient (Wildman–Crippen LogP) is -1.74. The highest BCUT2D eigenvalue weighted by molar-refractivity contribution is 6.35. The zero-order chi connectivity index (χ0) is 12.9. The molecule has 100 valence electrons. The van der Waals surface area contributed by atoms with Gasteiger partial charge in [0.05, 0.1) is 19.8 Å². The SMILES string of the molecule is COCCCNC(=O)C(=O)NCCOCCO. The zero-order valence-electron chi connectivity index (χ0n) is 10.0. The van der Waals surface area contributed by atoms with Crippen molar-refractivity contribution >= 4 is 11.8 Å². The second-order valence-electron chi connectivity index (χ2n) is 3.19. The lowest BCUT2D eigenvalue weighted by Crippen LogP contribution is -2.41. The maximum absolute atomic E-state index is 11.2. The average molecular weight is 248 g/mol. The normalized spacial score (nSPS) is 10.0. The molecule has 17 heavy (non-hydrogen) atoms. The minimum absolute atomic E-state index is 0.0616. The van der Waals surface area contributed by atoms with Gasteiger partial charge in [-0.3, -0.25) is 9.59 Å². The molecule has 0 aliphatic carbocycles. The Hall–Kier alpha value is -1.18. The van der Waals surface area contributed by atoms with Gasteiger partial charge in [0.25, 0.3) is 0 Å². The van der Waals surface area contributed by atoms with Crippen LogP contribution in [-0.2, 0) is 19.1 Å². The van der Waals surface area contributed by atoms with Crippen molar-refractivity contribution in [3.63, 3.8) is 0 Å². The highest BCUT2D eigenvalue weighted by Gasteiger charge is 2.11. The molecular formula is C10H20N2O5. The van der Waals surface area contributed by atoms with Crippen LogP contribution in [0.15, 0.2) is 0 Å². The van der Waals surface area contributed by atoms with E-state index >= 15 is 0 Å². The Kier molecular flexibility index (Phi) is 10.5. The van der Waals surface area contributed by atoms with E-state index in [9.17, 15) is 9.59 Å². The molecule has 7 heteroatoms. The van der Waals surface area contributed by atoms with Crippen molar-refractivity contribution in [1.82, 2.24) is 10.6 Å². The van der Waals surface area contributed by atoms with E-state index in [-0.39, 0.29) is 26.4 Å². The molecule has 0 heterocycles. The van der Waals surface area contributed by atoms with Crippen LogP contribution in [0.3, 0.4) is 0 Å². The highest BCUT2D eigenvalue weighted by atomic mass is 16.5. The quantitative estimate of drug-likeness (QED) is 0.332. The second-order valence-corrected chi connectivity index (χ2v) is 3.19. The molecule has 0 aliphatic heterocycles. The van der Waals surface area contributed by atoms with Gasteiger partial charge in [-0.05, 0) is 6.42 Å². The number of rotatable bonds is 9. The third kappa shape index (κ3) is 9.73. The summed E-state index contributed by atoms with van der Waals surface area (Å²) in [6.45, 7) is 1.61. The summed E-state index contributed by atoms with van der Waals surface area (Å²) < 4.78 is 9.71. The first-order chi connectivity index (χ1) is 8.22. The van der Waals surface area contributed by atoms with E-state index in [2.05, 4.69) is 10.6 Å². The first kappa shape index (κ1) is 15.8. The van der Waals surface area contributed by atoms with E-state index in [1.807, 2.05) is 0 Å². The molecule has 2 amide bonds. The summed E-state index contributed by atoms with van der Waals surface area (Å²) in [6.07, 6.45) is 0.662. The molecule has 0 radical (unpaired) electrons. The number of aliphatic hydroxyl groups is 1. The lowest BCUT2D eigenvalue weighted by molar-refractivity contribution is -0.139. The number of methoxy groups -OCH3 is 1. The molecule has 0 spiro atoms. The van der Waals surface area contributed by atoms with Crippen LogP contribution >= 0.6 is 0 Å². The Balaban J connectivity index is 3.44. The van der Waals surface area contributed by atoms with Gasteiger partial charge in [0.1, 0.15) is 0 Å². The lowest BCUT2D eigenvalue weighted by Gasteiger charge is -2.06. The molecule has 3 N–H and O–H groups in total. The Morgan fingerprint density at radius 1 is 1.06 bits per heavy atom. The number of aliphatic hydroxyl groups excluding tert-OH is 1. The molecule has 0 atom stereocenters. The summed E-state index contributed by atoms with van der Waals surface area (Å²) in [5, 5.41) is 13.3. The summed E-state index contributed by atoms with van der Waals surface area (Å²) in [7, 11) is 1.57. The molecular weight excluding hydrogens is 228 g/mol. The van der Waals surface area contributed by atoms with Crippen molar-refractivity contribution in [2.75, 3.05) is 46.6 Å². The lowest BCUT2D eigenvalue weighted by atomic mass is 10.4. The summed E-state index contributed by atoms with van der Waals surface area (Å²) in [4.78, 5) is 22.4. The van der Waals surface area contributed by atoms with Gasteiger partial charge in [0.2, 0.25) is 0 Å². The largest absolute Gasteiger partial charge is 0.394 e. The second kappa shape index (κ2) is 11.3. The van der Waals surface area contributed by atoms with E-state index in [1.165, 1.54) is 0 Å². The van der Waals surface area contributed by atoms with Crippen LogP contribution in [0.1, 0.15) is 6.42 Å². The molecule has 0 aromatic heterocycles. The maximum atomic E-state index is 11.2. The van der Waals surface area contributed by atoms with Crippen molar-refractivity contribution < 1.29 is 24.2 Å². The fourth-order valence-corrected chi connectivity index (χ4v) is 0.982. The summed E-state index contributed by atoms with van der Waals surface area (Å²) in [6, 6.07) is 0. The van der Waals surface area contributed by atoms with Crippen molar-refractivity contribution in [2.24, 2.45) is 0 Å². The summed E-state index contributed by atoms with van der Waals surface area (Å²) in [5.41, 5.74) is 0. The molecule has 0 unspecified atom stereocenters. The zero-order valence-corrected chi connectivity index (χ0v) is 10.0. The van der Waals surface area contributed by atoms with Crippen LogP contribution in [0.5, 0.6) is 0 Å². The summed E-state index contributed by atoms with van der Waals surface area (Å²) in [5.74, 6) is -1.35. The molecule has 7 nitrogen and oxygen atoms in total. The number of nitrogens with one attached hydrogen (secondary N) is 2. The topological polar surface area (TPSA) is 96.9 Å². The van der Waals surface area contributed by atoms with Gasteiger partial charge in [0, 0.05) is 26.8 Å². The first-order valence-corrected chi connectivity index (χ1v) is 5.46. The molecule has 0 rings (SSSR count). The third-order valence-electron chi connectivity index (χ3n) is 1.78. The molecule has 0 aliphatic rings. The van der Waals surface area contributed by atoms with Gasteiger partial charge >= 0.3 is 11.8 Å². The van der Waals surface area contributed by atoms with Gasteiger partial charge in [-0.1, -0.05) is 0 Å². The van der Waals surface area contributed by atoms with E-state index in [0.29, 0.717) is 19.6 Å². The minimum atomic E-state index is -0.685. The van der Waals surface area contributed by atoms with Crippen LogP contribution in [0.25, 0.3) is 0 Å². The van der Waals surface area contributed by atoms with Crippen LogP contribution in [-0.4, -0.2) is 63.5 Å². The molecule has 0 fully saturated rings. The van der Waals surface area contributed by atoms with Gasteiger partial charge in [-0.25, -0.2) is 0 Å². The van der Waals surface area contributed by atoms with Crippen LogP contribution < -0.4 is 10.6 Å². The number of hydrogen-bond donors (Lipinski definition) is 3. The molecule has 0 saturated carbocycles. The van der Waals surface area contributed by atoms with Crippen molar-refractivity contribution in [2.45, 2.75) is 6.42 Å². The number of hydrogen-bond acceptors (Lipinski definition) is 5. The molecule has 0 aromatic carbocycles. The Bertz CT molecular complexity index is 223. The molecule has 0 aromatic rings.